The second-order valence-electron chi connectivity index (χ2n) is 6.53. The van der Waals surface area contributed by atoms with Crippen molar-refractivity contribution in [1.82, 2.24) is 9.47 Å². The highest BCUT2D eigenvalue weighted by molar-refractivity contribution is 7.07. The molecular weight excluding hydrogens is 376 g/mol. The highest BCUT2D eigenvalue weighted by atomic mass is 32.1. The quantitative estimate of drug-likeness (QED) is 0.491. The van der Waals surface area contributed by atoms with Crippen molar-refractivity contribution in [3.05, 3.63) is 70.3 Å². The first kappa shape index (κ1) is 20.4. The number of benzene rings is 2. The molecule has 6 heteroatoms. The van der Waals surface area contributed by atoms with Crippen LogP contribution in [0.1, 0.15) is 20.3 Å². The second kappa shape index (κ2) is 9.75. The van der Waals surface area contributed by atoms with E-state index in [1.165, 1.54) is 35.6 Å². The fourth-order valence-corrected chi connectivity index (χ4v) is 4.06. The van der Waals surface area contributed by atoms with Crippen molar-refractivity contribution >= 4 is 17.0 Å². The molecule has 0 unspecified atom stereocenters. The summed E-state index contributed by atoms with van der Waals surface area (Å²) in [4.78, 5) is 7.95. The maximum atomic E-state index is 13.3. The number of aromatic nitrogens is 1. The Hall–Kier alpha value is -2.31. The minimum absolute atomic E-state index is 0.247. The Kier molecular flexibility index (Phi) is 7.12. The lowest BCUT2D eigenvalue weighted by Gasteiger charge is -2.18. The molecule has 0 radical (unpaired) electrons. The highest BCUT2D eigenvalue weighted by Crippen LogP contribution is 2.22. The molecule has 3 aromatic rings. The summed E-state index contributed by atoms with van der Waals surface area (Å²) < 4.78 is 28.7. The average molecular weight is 402 g/mol. The van der Waals surface area contributed by atoms with Gasteiger partial charge in [-0.25, -0.2) is 13.8 Å². The zero-order valence-corrected chi connectivity index (χ0v) is 17.1. The fraction of sp³-hybridized carbons (Fsp3) is 0.318. The van der Waals surface area contributed by atoms with E-state index >= 15 is 0 Å². The van der Waals surface area contributed by atoms with Gasteiger partial charge in [-0.05, 0) is 80.1 Å². The Balaban J connectivity index is 1.94. The monoisotopic (exact) mass is 401 g/mol. The van der Waals surface area contributed by atoms with E-state index in [0.717, 1.165) is 48.7 Å². The molecule has 0 N–H and O–H groups in total. The molecule has 3 nitrogen and oxygen atoms in total. The maximum absolute atomic E-state index is 13.3. The fourth-order valence-electron chi connectivity index (χ4n) is 3.10. The van der Waals surface area contributed by atoms with Crippen molar-refractivity contribution < 1.29 is 8.78 Å². The van der Waals surface area contributed by atoms with Crippen LogP contribution in [0.5, 0.6) is 0 Å². The van der Waals surface area contributed by atoms with Crippen LogP contribution < -0.4 is 4.80 Å². The SMILES string of the molecule is CCN(CC)CCCn1c(-c2ccc(F)cc2)csc1=Nc1ccc(F)cc1. The normalized spacial score (nSPS) is 12.1. The van der Waals surface area contributed by atoms with Gasteiger partial charge in [0.1, 0.15) is 11.6 Å². The number of hydrogen-bond donors (Lipinski definition) is 0. The van der Waals surface area contributed by atoms with Crippen molar-refractivity contribution in [3.63, 3.8) is 0 Å². The molecule has 0 aliphatic heterocycles. The molecule has 3 rings (SSSR count). The summed E-state index contributed by atoms with van der Waals surface area (Å²) in [5, 5.41) is 2.05. The van der Waals surface area contributed by atoms with Crippen molar-refractivity contribution in [2.24, 2.45) is 4.99 Å². The van der Waals surface area contributed by atoms with Gasteiger partial charge in [-0.15, -0.1) is 11.3 Å². The minimum Gasteiger partial charge on any atom is -0.316 e. The van der Waals surface area contributed by atoms with E-state index < -0.39 is 0 Å². The number of rotatable bonds is 8. The first-order valence-electron chi connectivity index (χ1n) is 9.57. The van der Waals surface area contributed by atoms with Crippen LogP contribution >= 0.6 is 11.3 Å². The maximum Gasteiger partial charge on any atom is 0.190 e. The van der Waals surface area contributed by atoms with Crippen LogP contribution in [0.15, 0.2) is 58.9 Å². The van der Waals surface area contributed by atoms with Crippen LogP contribution in [0.4, 0.5) is 14.5 Å². The van der Waals surface area contributed by atoms with Crippen molar-refractivity contribution in [2.75, 3.05) is 19.6 Å². The lowest BCUT2D eigenvalue weighted by atomic mass is 10.1. The first-order valence-corrected chi connectivity index (χ1v) is 10.5. The van der Waals surface area contributed by atoms with Gasteiger partial charge in [0, 0.05) is 11.9 Å². The van der Waals surface area contributed by atoms with Crippen LogP contribution in [-0.2, 0) is 6.54 Å². The number of nitrogens with zero attached hydrogens (tertiary/aromatic N) is 3. The minimum atomic E-state index is -0.274. The van der Waals surface area contributed by atoms with Crippen molar-refractivity contribution in [2.45, 2.75) is 26.8 Å². The topological polar surface area (TPSA) is 20.5 Å². The van der Waals surface area contributed by atoms with E-state index in [4.69, 9.17) is 4.99 Å². The van der Waals surface area contributed by atoms with Gasteiger partial charge in [-0.3, -0.25) is 0 Å². The molecule has 0 fully saturated rings. The van der Waals surface area contributed by atoms with Gasteiger partial charge in [0.05, 0.1) is 11.4 Å². The molecule has 28 heavy (non-hydrogen) atoms. The second-order valence-corrected chi connectivity index (χ2v) is 7.37. The number of thiazole rings is 1. The molecule has 148 valence electrons. The summed E-state index contributed by atoms with van der Waals surface area (Å²) in [6, 6.07) is 12.7. The van der Waals surface area contributed by atoms with E-state index in [1.54, 1.807) is 24.3 Å². The number of halogens is 2. The summed E-state index contributed by atoms with van der Waals surface area (Å²) in [5.41, 5.74) is 2.69. The molecule has 2 aromatic carbocycles. The van der Waals surface area contributed by atoms with Gasteiger partial charge >= 0.3 is 0 Å². The van der Waals surface area contributed by atoms with Crippen LogP contribution in [0.2, 0.25) is 0 Å². The highest BCUT2D eigenvalue weighted by Gasteiger charge is 2.09. The lowest BCUT2D eigenvalue weighted by Crippen LogP contribution is -2.26. The Morgan fingerprint density at radius 3 is 2.14 bits per heavy atom. The van der Waals surface area contributed by atoms with Gasteiger partial charge in [-0.1, -0.05) is 13.8 Å². The van der Waals surface area contributed by atoms with Gasteiger partial charge < -0.3 is 9.47 Å². The summed E-state index contributed by atoms with van der Waals surface area (Å²) in [5.74, 6) is -0.521. The van der Waals surface area contributed by atoms with Crippen LogP contribution in [0.25, 0.3) is 11.3 Å². The molecule has 0 saturated carbocycles. The molecule has 0 aliphatic rings. The first-order chi connectivity index (χ1) is 13.6. The predicted molar refractivity (Wildman–Crippen MR) is 112 cm³/mol. The molecule has 1 aromatic heterocycles. The van der Waals surface area contributed by atoms with E-state index in [0.29, 0.717) is 5.69 Å². The number of hydrogen-bond acceptors (Lipinski definition) is 3. The molecule has 0 amide bonds. The third kappa shape index (κ3) is 5.14. The third-order valence-corrected chi connectivity index (χ3v) is 5.60. The molecular formula is C22H25F2N3S. The summed E-state index contributed by atoms with van der Waals surface area (Å²) in [6.07, 6.45) is 0.989. The van der Waals surface area contributed by atoms with Crippen molar-refractivity contribution in [3.8, 4) is 11.3 Å². The summed E-state index contributed by atoms with van der Waals surface area (Å²) in [7, 11) is 0. The van der Waals surface area contributed by atoms with Gasteiger partial charge in [0.25, 0.3) is 0 Å². The third-order valence-electron chi connectivity index (χ3n) is 4.74. The molecule has 0 spiro atoms. The van der Waals surface area contributed by atoms with E-state index in [2.05, 4.69) is 23.3 Å². The van der Waals surface area contributed by atoms with E-state index in [9.17, 15) is 8.78 Å². The van der Waals surface area contributed by atoms with E-state index in [-0.39, 0.29) is 11.6 Å². The molecule has 0 saturated heterocycles. The van der Waals surface area contributed by atoms with Gasteiger partial charge in [0.2, 0.25) is 0 Å². The van der Waals surface area contributed by atoms with Crippen LogP contribution in [0.3, 0.4) is 0 Å². The Bertz CT molecular complexity index is 939. The molecule has 0 aliphatic carbocycles. The van der Waals surface area contributed by atoms with Crippen molar-refractivity contribution in [1.29, 1.82) is 0 Å². The Labute approximate surface area is 168 Å². The zero-order chi connectivity index (χ0) is 19.9. The molecule has 1 heterocycles. The summed E-state index contributed by atoms with van der Waals surface area (Å²) in [6.45, 7) is 8.22. The molecule has 0 bridgehead atoms. The molecule has 0 atom stereocenters. The van der Waals surface area contributed by atoms with Gasteiger partial charge in [-0.2, -0.15) is 0 Å². The standard InChI is InChI=1S/C22H25F2N3S/c1-3-26(4-2)14-5-15-27-21(17-6-8-18(23)9-7-17)16-28-22(27)25-20-12-10-19(24)11-13-20/h6-13,16H,3-5,14-15H2,1-2H3. The Morgan fingerprint density at radius 1 is 0.929 bits per heavy atom. The largest absolute Gasteiger partial charge is 0.316 e. The van der Waals surface area contributed by atoms with Gasteiger partial charge in [0.15, 0.2) is 4.80 Å². The summed E-state index contributed by atoms with van der Waals surface area (Å²) >= 11 is 1.54. The predicted octanol–water partition coefficient (Wildman–Crippen LogP) is 5.46. The average Bonchev–Trinajstić information content (AvgIpc) is 3.10. The van der Waals surface area contributed by atoms with E-state index in [1.807, 2.05) is 5.38 Å². The van der Waals surface area contributed by atoms with Crippen LogP contribution in [-0.4, -0.2) is 29.1 Å². The lowest BCUT2D eigenvalue weighted by molar-refractivity contribution is 0.293. The van der Waals surface area contributed by atoms with Crippen LogP contribution in [0, 0.1) is 11.6 Å². The smallest absolute Gasteiger partial charge is 0.190 e. The zero-order valence-electron chi connectivity index (χ0n) is 16.2. The Morgan fingerprint density at radius 2 is 1.54 bits per heavy atom.